The van der Waals surface area contributed by atoms with E-state index < -0.39 is 11.1 Å². The number of thioether (sulfide) groups is 2. The summed E-state index contributed by atoms with van der Waals surface area (Å²) in [6.07, 6.45) is 0. The second-order valence-electron chi connectivity index (χ2n) is 10.4. The largest absolute Gasteiger partial charge is 0.379 e. The van der Waals surface area contributed by atoms with Crippen molar-refractivity contribution in [2.45, 2.75) is 48.6 Å². The first-order valence-electron chi connectivity index (χ1n) is 12.9. The van der Waals surface area contributed by atoms with E-state index in [0.29, 0.717) is 26.4 Å². The van der Waals surface area contributed by atoms with Crippen molar-refractivity contribution < 1.29 is 19.1 Å². The number of ether oxygens (including phenoxy) is 2. The van der Waals surface area contributed by atoms with Gasteiger partial charge in [-0.05, 0) is 52.0 Å². The highest BCUT2D eigenvalue weighted by atomic mass is 32.2. The van der Waals surface area contributed by atoms with E-state index in [0.717, 1.165) is 52.2 Å². The van der Waals surface area contributed by atoms with Crippen LogP contribution in [0.4, 0.5) is 0 Å². The van der Waals surface area contributed by atoms with Gasteiger partial charge in [0.1, 0.15) is 0 Å². The molecule has 0 bridgehead atoms. The number of ketones is 2. The van der Waals surface area contributed by atoms with Crippen LogP contribution in [-0.2, 0) is 9.47 Å². The zero-order valence-corrected chi connectivity index (χ0v) is 24.0. The number of hydrogen-bond donors (Lipinski definition) is 0. The smallest absolute Gasteiger partial charge is 0.182 e. The molecule has 0 spiro atoms. The summed E-state index contributed by atoms with van der Waals surface area (Å²) in [7, 11) is 0. The molecule has 0 atom stereocenters. The van der Waals surface area contributed by atoms with Crippen LogP contribution < -0.4 is 0 Å². The first kappa shape index (κ1) is 28.3. The van der Waals surface area contributed by atoms with Crippen molar-refractivity contribution in [1.29, 1.82) is 0 Å². The van der Waals surface area contributed by atoms with Crippen LogP contribution in [0, 0.1) is 0 Å². The Morgan fingerprint density at radius 2 is 0.973 bits per heavy atom. The number of hydrogen-bond acceptors (Lipinski definition) is 8. The SMILES string of the molecule is CC(C)(C(=O)c1ccc(SCSc2ccc(C(=O)C(C)(C)N3CCOCC3)cc2)cc1)N1CCOCC1. The number of rotatable bonds is 10. The van der Waals surface area contributed by atoms with Crippen LogP contribution in [0.25, 0.3) is 0 Å². The summed E-state index contributed by atoms with van der Waals surface area (Å²) in [4.78, 5) is 33.0. The van der Waals surface area contributed by atoms with Gasteiger partial charge in [-0.3, -0.25) is 19.4 Å². The van der Waals surface area contributed by atoms with E-state index in [-0.39, 0.29) is 11.6 Å². The fourth-order valence-corrected chi connectivity index (χ4v) is 6.79. The molecule has 2 aromatic rings. The number of benzene rings is 2. The van der Waals surface area contributed by atoms with Crippen LogP contribution in [0.1, 0.15) is 48.4 Å². The third-order valence-corrected chi connectivity index (χ3v) is 9.55. The molecule has 0 saturated carbocycles. The van der Waals surface area contributed by atoms with Crippen LogP contribution in [0.3, 0.4) is 0 Å². The zero-order valence-electron chi connectivity index (χ0n) is 22.3. The van der Waals surface area contributed by atoms with E-state index in [4.69, 9.17) is 9.47 Å². The number of nitrogens with zero attached hydrogens (tertiary/aromatic N) is 2. The Kier molecular flexibility index (Phi) is 9.53. The monoisotopic (exact) mass is 542 g/mol. The number of carbonyl (C=O) groups excluding carboxylic acids is 2. The fraction of sp³-hybridized carbons (Fsp3) is 0.517. The normalized spacial score (nSPS) is 18.1. The molecule has 37 heavy (non-hydrogen) atoms. The molecule has 0 N–H and O–H groups in total. The topological polar surface area (TPSA) is 59.1 Å². The molecule has 0 aromatic heterocycles. The van der Waals surface area contributed by atoms with Crippen molar-refractivity contribution in [1.82, 2.24) is 9.80 Å². The van der Waals surface area contributed by atoms with Crippen molar-refractivity contribution in [2.75, 3.05) is 57.7 Å². The average molecular weight is 543 g/mol. The van der Waals surface area contributed by atoms with Gasteiger partial charge in [0.05, 0.1) is 37.5 Å². The zero-order chi connectivity index (χ0) is 26.5. The van der Waals surface area contributed by atoms with Crippen molar-refractivity contribution >= 4 is 35.1 Å². The standard InChI is InChI=1S/C29H38N2O4S2/c1-28(2,30-13-17-34-18-14-30)26(32)22-5-9-24(10-6-22)36-21-37-25-11-7-23(8-12-25)27(33)29(3,4)31-15-19-35-20-16-31/h5-12H,13-21H2,1-4H3. The predicted molar refractivity (Wildman–Crippen MR) is 151 cm³/mol. The molecule has 2 aliphatic heterocycles. The fourth-order valence-electron chi connectivity index (χ4n) is 4.81. The van der Waals surface area contributed by atoms with Crippen LogP contribution >= 0.6 is 23.5 Å². The van der Waals surface area contributed by atoms with E-state index in [1.54, 1.807) is 23.5 Å². The highest BCUT2D eigenvalue weighted by molar-refractivity contribution is 8.16. The van der Waals surface area contributed by atoms with Gasteiger partial charge in [-0.15, -0.1) is 23.5 Å². The molecule has 2 fully saturated rings. The maximum Gasteiger partial charge on any atom is 0.182 e. The van der Waals surface area contributed by atoms with Gasteiger partial charge in [0, 0.05) is 52.2 Å². The van der Waals surface area contributed by atoms with Crippen LogP contribution in [0.15, 0.2) is 58.3 Å². The summed E-state index contributed by atoms with van der Waals surface area (Å²) in [6, 6.07) is 15.9. The Bertz CT molecular complexity index is 973. The summed E-state index contributed by atoms with van der Waals surface area (Å²) >= 11 is 3.49. The molecule has 6 nitrogen and oxygen atoms in total. The van der Waals surface area contributed by atoms with Crippen molar-refractivity contribution in [3.63, 3.8) is 0 Å². The summed E-state index contributed by atoms with van der Waals surface area (Å²) in [6.45, 7) is 13.8. The van der Waals surface area contributed by atoms with E-state index in [2.05, 4.69) is 9.80 Å². The molecule has 0 unspecified atom stereocenters. The Labute approximate surface area is 229 Å². The maximum absolute atomic E-state index is 13.2. The lowest BCUT2D eigenvalue weighted by atomic mass is 9.91. The van der Waals surface area contributed by atoms with Crippen molar-refractivity contribution in [2.24, 2.45) is 0 Å². The highest BCUT2D eigenvalue weighted by Crippen LogP contribution is 2.30. The third-order valence-electron chi connectivity index (χ3n) is 7.40. The van der Waals surface area contributed by atoms with Gasteiger partial charge >= 0.3 is 0 Å². The van der Waals surface area contributed by atoms with Crippen LogP contribution in [0.2, 0.25) is 0 Å². The minimum Gasteiger partial charge on any atom is -0.379 e. The quantitative estimate of drug-likeness (QED) is 0.233. The van der Waals surface area contributed by atoms with E-state index in [1.165, 1.54) is 0 Å². The molecule has 4 rings (SSSR count). The summed E-state index contributed by atoms with van der Waals surface area (Å²) < 4.78 is 10.9. The lowest BCUT2D eigenvalue weighted by Crippen LogP contribution is -2.54. The van der Waals surface area contributed by atoms with Crippen molar-refractivity contribution in [3.8, 4) is 0 Å². The van der Waals surface area contributed by atoms with Gasteiger partial charge in [0.2, 0.25) is 0 Å². The molecular weight excluding hydrogens is 504 g/mol. The lowest BCUT2D eigenvalue weighted by Gasteiger charge is -2.39. The second-order valence-corrected chi connectivity index (χ2v) is 12.9. The molecule has 0 radical (unpaired) electrons. The van der Waals surface area contributed by atoms with Gasteiger partial charge in [-0.2, -0.15) is 0 Å². The lowest BCUT2D eigenvalue weighted by molar-refractivity contribution is -0.00443. The molecule has 2 aromatic carbocycles. The number of Topliss-reactive ketones (excluding diaryl/α,β-unsaturated/α-hetero) is 2. The summed E-state index contributed by atoms with van der Waals surface area (Å²) in [5.74, 6) is 0.290. The number of morpholine rings is 2. The average Bonchev–Trinajstić information content (AvgIpc) is 2.94. The van der Waals surface area contributed by atoms with E-state index in [9.17, 15) is 9.59 Å². The number of carbonyl (C=O) groups is 2. The van der Waals surface area contributed by atoms with Gasteiger partial charge in [0.15, 0.2) is 11.6 Å². The second kappa shape index (κ2) is 12.5. The van der Waals surface area contributed by atoms with Gasteiger partial charge in [-0.1, -0.05) is 24.3 Å². The van der Waals surface area contributed by atoms with Crippen LogP contribution in [-0.4, -0.2) is 90.1 Å². The molecule has 2 heterocycles. The van der Waals surface area contributed by atoms with Crippen molar-refractivity contribution in [3.05, 3.63) is 59.7 Å². The molecular formula is C29H38N2O4S2. The minimum atomic E-state index is -0.542. The maximum atomic E-state index is 13.2. The Hall–Kier alpha value is -1.68. The van der Waals surface area contributed by atoms with Crippen LogP contribution in [0.5, 0.6) is 0 Å². The molecule has 2 saturated heterocycles. The minimum absolute atomic E-state index is 0.145. The Morgan fingerprint density at radius 3 is 1.30 bits per heavy atom. The highest BCUT2D eigenvalue weighted by Gasteiger charge is 2.37. The first-order valence-corrected chi connectivity index (χ1v) is 14.9. The molecule has 0 amide bonds. The molecule has 8 heteroatoms. The van der Waals surface area contributed by atoms with Gasteiger partial charge in [-0.25, -0.2) is 0 Å². The molecule has 200 valence electrons. The molecule has 0 aliphatic carbocycles. The third kappa shape index (κ3) is 6.85. The predicted octanol–water partition coefficient (Wildman–Crippen LogP) is 5.12. The Morgan fingerprint density at radius 1 is 0.649 bits per heavy atom. The molecule has 2 aliphatic rings. The first-order chi connectivity index (χ1) is 17.7. The Balaban J connectivity index is 1.28. The summed E-state index contributed by atoms with van der Waals surface area (Å²) in [5, 5.41) is 0.846. The van der Waals surface area contributed by atoms with E-state index >= 15 is 0 Å². The van der Waals surface area contributed by atoms with E-state index in [1.807, 2.05) is 76.2 Å². The van der Waals surface area contributed by atoms with Gasteiger partial charge in [0.25, 0.3) is 0 Å². The van der Waals surface area contributed by atoms with Gasteiger partial charge < -0.3 is 9.47 Å². The summed E-state index contributed by atoms with van der Waals surface area (Å²) in [5.41, 5.74) is 0.404.